The van der Waals surface area contributed by atoms with Crippen LogP contribution < -0.4 is 0 Å². The highest BCUT2D eigenvalue weighted by Crippen LogP contribution is 2.69. The van der Waals surface area contributed by atoms with Crippen LogP contribution >= 0.6 is 0 Å². The molecule has 10 heteroatoms. The number of esters is 1. The minimum absolute atomic E-state index is 0.0253. The number of ether oxygens (including phenoxy) is 3. The molecule has 0 radical (unpaired) electrons. The Balaban J connectivity index is 1.21. The molecule has 0 aromatic carbocycles. The Kier molecular flexibility index (Phi) is 6.81. The van der Waals surface area contributed by atoms with Crippen molar-refractivity contribution in [3.8, 4) is 0 Å². The summed E-state index contributed by atoms with van der Waals surface area (Å²) in [5, 5.41) is 54.1. The number of carbonyl (C=O) groups excluding carboxylic acids is 2. The second kappa shape index (κ2) is 9.58. The number of fused-ring (bicyclic) bond motifs is 5. The Bertz CT molecular complexity index is 1030. The first-order valence-corrected chi connectivity index (χ1v) is 14.5. The Hall–Kier alpha value is -1.40. The van der Waals surface area contributed by atoms with Crippen LogP contribution in [-0.2, 0) is 23.8 Å². The highest BCUT2D eigenvalue weighted by Gasteiger charge is 2.70. The van der Waals surface area contributed by atoms with Crippen LogP contribution in [0.15, 0.2) is 11.6 Å². The number of rotatable bonds is 4. The van der Waals surface area contributed by atoms with Crippen molar-refractivity contribution in [3.05, 3.63) is 11.6 Å². The Labute approximate surface area is 228 Å². The van der Waals surface area contributed by atoms with Crippen LogP contribution in [-0.4, -0.2) is 92.9 Å². The number of hydrogen-bond acceptors (Lipinski definition) is 10. The number of cyclic esters (lactones) is 1. The molecule has 6 aliphatic rings. The van der Waals surface area contributed by atoms with E-state index in [9.17, 15) is 35.1 Å². The van der Waals surface area contributed by atoms with E-state index in [0.717, 1.165) is 31.1 Å². The highest BCUT2D eigenvalue weighted by molar-refractivity contribution is 5.85. The molecule has 0 aromatic rings. The van der Waals surface area contributed by atoms with Crippen molar-refractivity contribution >= 4 is 12.3 Å². The van der Waals surface area contributed by atoms with E-state index >= 15 is 0 Å². The zero-order valence-corrected chi connectivity index (χ0v) is 22.6. The summed E-state index contributed by atoms with van der Waals surface area (Å²) in [6.07, 6.45) is 0.686. The fourth-order valence-corrected chi connectivity index (χ4v) is 9.82. The number of carbonyl (C=O) groups is 2. The van der Waals surface area contributed by atoms with Crippen LogP contribution in [0, 0.1) is 34.5 Å². The summed E-state index contributed by atoms with van der Waals surface area (Å²) in [6.45, 7) is 3.80. The summed E-state index contributed by atoms with van der Waals surface area (Å²) >= 11 is 0. The Morgan fingerprint density at radius 1 is 1.03 bits per heavy atom. The van der Waals surface area contributed by atoms with Crippen molar-refractivity contribution < 1.29 is 49.3 Å². The van der Waals surface area contributed by atoms with E-state index < -0.39 is 59.2 Å². The van der Waals surface area contributed by atoms with E-state index in [1.807, 2.05) is 6.92 Å². The third kappa shape index (κ3) is 3.93. The molecular weight excluding hydrogens is 508 g/mol. The van der Waals surface area contributed by atoms with Crippen molar-refractivity contribution in [2.75, 3.05) is 6.61 Å². The van der Waals surface area contributed by atoms with Gasteiger partial charge in [-0.3, -0.25) is 0 Å². The van der Waals surface area contributed by atoms with Crippen molar-refractivity contribution in [3.63, 3.8) is 0 Å². The monoisotopic (exact) mass is 550 g/mol. The molecule has 39 heavy (non-hydrogen) atoms. The molecule has 0 amide bonds. The molecule has 14 atom stereocenters. The third-order valence-electron chi connectivity index (χ3n) is 11.8. The van der Waals surface area contributed by atoms with Crippen LogP contribution in [0.25, 0.3) is 0 Å². The predicted octanol–water partition coefficient (Wildman–Crippen LogP) is 0.606. The van der Waals surface area contributed by atoms with E-state index in [-0.39, 0.29) is 42.8 Å². The van der Waals surface area contributed by atoms with Crippen LogP contribution in [0.3, 0.4) is 0 Å². The lowest BCUT2D eigenvalue weighted by Gasteiger charge is -2.63. The predicted molar refractivity (Wildman–Crippen MR) is 135 cm³/mol. The summed E-state index contributed by atoms with van der Waals surface area (Å²) in [6, 6.07) is 0. The first-order valence-electron chi connectivity index (χ1n) is 14.5. The lowest BCUT2D eigenvalue weighted by molar-refractivity contribution is -0.309. The summed E-state index contributed by atoms with van der Waals surface area (Å²) in [5.74, 6) is -0.892. The number of aldehydes is 1. The van der Waals surface area contributed by atoms with Crippen molar-refractivity contribution in [1.29, 1.82) is 0 Å². The van der Waals surface area contributed by atoms with E-state index in [1.165, 1.54) is 6.08 Å². The van der Waals surface area contributed by atoms with Gasteiger partial charge in [0.15, 0.2) is 6.29 Å². The van der Waals surface area contributed by atoms with Gasteiger partial charge < -0.3 is 44.5 Å². The van der Waals surface area contributed by atoms with E-state index in [4.69, 9.17) is 14.2 Å². The number of aliphatic hydroxyl groups is 5. The van der Waals surface area contributed by atoms with E-state index in [1.54, 1.807) is 6.92 Å². The molecule has 1 saturated heterocycles. The van der Waals surface area contributed by atoms with Gasteiger partial charge in [-0.15, -0.1) is 0 Å². The zero-order chi connectivity index (χ0) is 27.9. The molecule has 6 rings (SSSR count). The maximum absolute atomic E-state index is 12.9. The van der Waals surface area contributed by atoms with Crippen LogP contribution in [0.2, 0.25) is 0 Å². The molecule has 2 aliphatic heterocycles. The molecule has 2 heterocycles. The molecule has 5 fully saturated rings. The lowest BCUT2D eigenvalue weighted by atomic mass is 9.43. The molecule has 4 aliphatic carbocycles. The topological polar surface area (TPSA) is 163 Å². The molecule has 4 saturated carbocycles. The van der Waals surface area contributed by atoms with Crippen LogP contribution in [0.4, 0.5) is 0 Å². The summed E-state index contributed by atoms with van der Waals surface area (Å²) in [7, 11) is 0. The minimum Gasteiger partial charge on any atom is -0.458 e. The van der Waals surface area contributed by atoms with Crippen molar-refractivity contribution in [2.45, 2.75) is 114 Å². The van der Waals surface area contributed by atoms with Crippen molar-refractivity contribution in [1.82, 2.24) is 0 Å². The molecule has 10 nitrogen and oxygen atoms in total. The first-order chi connectivity index (χ1) is 18.4. The fourth-order valence-electron chi connectivity index (χ4n) is 9.82. The Morgan fingerprint density at radius 3 is 2.49 bits per heavy atom. The second-order valence-electron chi connectivity index (χ2n) is 13.4. The van der Waals surface area contributed by atoms with Gasteiger partial charge in [0.05, 0.1) is 23.9 Å². The molecule has 0 spiro atoms. The van der Waals surface area contributed by atoms with E-state index in [2.05, 4.69) is 0 Å². The molecule has 5 N–H and O–H groups in total. The van der Waals surface area contributed by atoms with Gasteiger partial charge in [-0.25, -0.2) is 4.79 Å². The van der Waals surface area contributed by atoms with Crippen LogP contribution in [0.1, 0.15) is 65.2 Å². The number of aliphatic hydroxyl groups excluding tert-OH is 4. The first kappa shape index (κ1) is 27.8. The maximum Gasteiger partial charge on any atom is 0.331 e. The number of hydrogen-bond donors (Lipinski definition) is 5. The largest absolute Gasteiger partial charge is 0.458 e. The van der Waals surface area contributed by atoms with Gasteiger partial charge >= 0.3 is 5.97 Å². The van der Waals surface area contributed by atoms with Gasteiger partial charge in [0.1, 0.15) is 31.2 Å². The minimum atomic E-state index is -1.37. The second-order valence-corrected chi connectivity index (χ2v) is 13.4. The van der Waals surface area contributed by atoms with Gasteiger partial charge in [-0.1, -0.05) is 6.92 Å². The summed E-state index contributed by atoms with van der Waals surface area (Å²) in [4.78, 5) is 24.7. The van der Waals surface area contributed by atoms with Gasteiger partial charge in [-0.05, 0) is 75.2 Å². The highest BCUT2D eigenvalue weighted by atomic mass is 16.7. The van der Waals surface area contributed by atoms with Crippen molar-refractivity contribution in [2.24, 2.45) is 34.5 Å². The zero-order valence-electron chi connectivity index (χ0n) is 22.6. The lowest BCUT2D eigenvalue weighted by Crippen LogP contribution is -2.63. The third-order valence-corrected chi connectivity index (χ3v) is 11.8. The summed E-state index contributed by atoms with van der Waals surface area (Å²) in [5.41, 5.74) is -1.64. The molecule has 0 bridgehead atoms. The smallest absolute Gasteiger partial charge is 0.331 e. The average Bonchev–Trinajstić information content (AvgIpc) is 3.41. The van der Waals surface area contributed by atoms with Gasteiger partial charge in [0, 0.05) is 29.2 Å². The maximum atomic E-state index is 12.9. The quantitative estimate of drug-likeness (QED) is 0.190. The van der Waals surface area contributed by atoms with Crippen LogP contribution in [0.5, 0.6) is 0 Å². The standard InChI is InChI=1S/C29H42O10/c1-14-23(33)24(34)25(35)26(38-14)39-17-5-8-28(13-30)16(10-17)3-4-19-18(28)6-7-27(2)22(15-9-21(32)37-12-15)20(31)11-29(19,27)36/h9,13-14,16-20,22-26,31,33-36H,3-8,10-12H2,1-2H3/t14-,16?,17-,18-,19+,20-,22-,23-,24+,25+,26-,27+,28+,29-/m0/s1. The molecule has 218 valence electrons. The van der Waals surface area contributed by atoms with Gasteiger partial charge in [0.2, 0.25) is 0 Å². The normalized spacial score (nSPS) is 55.2. The Morgan fingerprint density at radius 2 is 1.79 bits per heavy atom. The molecule has 0 aromatic heterocycles. The van der Waals surface area contributed by atoms with Gasteiger partial charge in [-0.2, -0.15) is 0 Å². The van der Waals surface area contributed by atoms with Gasteiger partial charge in [0.25, 0.3) is 0 Å². The fraction of sp³-hybridized carbons (Fsp3) is 0.862. The summed E-state index contributed by atoms with van der Waals surface area (Å²) < 4.78 is 16.9. The SMILES string of the molecule is C[C@@H]1O[C@@H](O[C@H]2CC[C@@]3(C=O)C(CC[C@@H]4[C@@H]3CC[C@]3(C)[C@@H](C5=CC(=O)OC5)[C@@H](O)C[C@]43O)C2)[C@H](O)[C@H](O)[C@H]1O. The average molecular weight is 551 g/mol. The van der Waals surface area contributed by atoms with E-state index in [0.29, 0.717) is 25.7 Å². The molecule has 1 unspecified atom stereocenters. The molecular formula is C29H42O10.